The van der Waals surface area contributed by atoms with Gasteiger partial charge in [0.15, 0.2) is 0 Å². The van der Waals surface area contributed by atoms with Crippen LogP contribution in [0.4, 0.5) is 13.2 Å². The van der Waals surface area contributed by atoms with E-state index in [0.717, 1.165) is 28.8 Å². The van der Waals surface area contributed by atoms with Crippen molar-refractivity contribution < 1.29 is 36.6 Å². The monoisotopic (exact) mass is 562 g/mol. The van der Waals surface area contributed by atoms with Crippen molar-refractivity contribution >= 4 is 27.7 Å². The van der Waals surface area contributed by atoms with E-state index in [-0.39, 0.29) is 35.5 Å². The van der Waals surface area contributed by atoms with Crippen LogP contribution in [-0.2, 0) is 17.4 Å². The number of carbonyl (C=O) groups is 1. The van der Waals surface area contributed by atoms with Gasteiger partial charge in [0.1, 0.15) is 22.8 Å². The maximum Gasteiger partial charge on any atom is 0.453 e. The largest absolute Gasteiger partial charge is 0.494 e. The van der Waals surface area contributed by atoms with Crippen molar-refractivity contribution in [2.75, 3.05) is 6.61 Å². The summed E-state index contributed by atoms with van der Waals surface area (Å²) in [6.07, 6.45) is -3.92. The predicted molar refractivity (Wildman–Crippen MR) is 148 cm³/mol. The molecule has 0 spiro atoms. The third-order valence-electron chi connectivity index (χ3n) is 6.38. The summed E-state index contributed by atoms with van der Waals surface area (Å²) in [5.74, 6) is -2.48. The van der Waals surface area contributed by atoms with Crippen LogP contribution in [0.15, 0.2) is 94.1 Å². The number of halogens is 3. The van der Waals surface area contributed by atoms with Gasteiger partial charge in [-0.3, -0.25) is 9.59 Å². The van der Waals surface area contributed by atoms with Crippen LogP contribution in [0.3, 0.4) is 0 Å². The molecule has 5 aromatic rings. The summed E-state index contributed by atoms with van der Waals surface area (Å²) in [5, 5.41) is 1.97. The Kier molecular flexibility index (Phi) is 7.96. The van der Waals surface area contributed by atoms with Gasteiger partial charge in [0, 0.05) is 12.5 Å². The Hall–Kier alpha value is -4.79. The lowest BCUT2D eigenvalue weighted by Gasteiger charge is -2.14. The third-order valence-corrected chi connectivity index (χ3v) is 6.38. The van der Waals surface area contributed by atoms with Gasteiger partial charge in [-0.1, -0.05) is 49.4 Å². The molecule has 0 aliphatic rings. The SMILES string of the molecule is CCc1ccc(Oc2c(C(F)(F)F)oc3cc(OC(=O)CCCOc4ccc5ccccc5c4)ccc3c2=O)cc1. The number of rotatable bonds is 9. The third kappa shape index (κ3) is 6.51. The highest BCUT2D eigenvalue weighted by molar-refractivity contribution is 5.84. The van der Waals surface area contributed by atoms with Crippen LogP contribution in [0.5, 0.6) is 23.0 Å². The lowest BCUT2D eigenvalue weighted by atomic mass is 10.1. The average molecular weight is 563 g/mol. The van der Waals surface area contributed by atoms with Crippen molar-refractivity contribution in [3.63, 3.8) is 0 Å². The number of hydrogen-bond donors (Lipinski definition) is 0. The van der Waals surface area contributed by atoms with Crippen LogP contribution < -0.4 is 19.6 Å². The molecule has 0 bridgehead atoms. The Bertz CT molecular complexity index is 1760. The summed E-state index contributed by atoms with van der Waals surface area (Å²) in [6, 6.07) is 23.5. The van der Waals surface area contributed by atoms with E-state index < -0.39 is 29.1 Å². The first-order chi connectivity index (χ1) is 19.7. The zero-order chi connectivity index (χ0) is 29.0. The summed E-state index contributed by atoms with van der Waals surface area (Å²) < 4.78 is 63.0. The van der Waals surface area contributed by atoms with E-state index in [0.29, 0.717) is 12.2 Å². The molecule has 0 saturated heterocycles. The van der Waals surface area contributed by atoms with Gasteiger partial charge in [0.2, 0.25) is 11.2 Å². The zero-order valence-corrected chi connectivity index (χ0v) is 22.0. The van der Waals surface area contributed by atoms with Crippen molar-refractivity contribution in [1.82, 2.24) is 0 Å². The second-order valence-electron chi connectivity index (χ2n) is 9.28. The summed E-state index contributed by atoms with van der Waals surface area (Å²) in [4.78, 5) is 25.4. The first-order valence-corrected chi connectivity index (χ1v) is 13.0. The molecule has 0 atom stereocenters. The van der Waals surface area contributed by atoms with Crippen LogP contribution in [0.1, 0.15) is 31.1 Å². The molecule has 0 saturated carbocycles. The Labute approximate surface area is 232 Å². The van der Waals surface area contributed by atoms with Crippen LogP contribution >= 0.6 is 0 Å². The van der Waals surface area contributed by atoms with Crippen molar-refractivity contribution in [3.05, 3.63) is 106 Å². The molecular formula is C32H25F3O6. The Balaban J connectivity index is 1.26. The Morgan fingerprint density at radius 3 is 2.29 bits per heavy atom. The first kappa shape index (κ1) is 27.8. The minimum Gasteiger partial charge on any atom is -0.494 e. The molecule has 9 heteroatoms. The summed E-state index contributed by atoms with van der Waals surface area (Å²) in [7, 11) is 0. The number of esters is 1. The van der Waals surface area contributed by atoms with Gasteiger partial charge in [-0.2, -0.15) is 13.2 Å². The number of hydrogen-bond acceptors (Lipinski definition) is 6. The van der Waals surface area contributed by atoms with Crippen LogP contribution in [0.25, 0.3) is 21.7 Å². The number of aryl methyl sites for hydroxylation is 1. The molecule has 1 aromatic heterocycles. The summed E-state index contributed by atoms with van der Waals surface area (Å²) in [5.41, 5.74) is -0.429. The number of ether oxygens (including phenoxy) is 3. The van der Waals surface area contributed by atoms with Gasteiger partial charge in [0.05, 0.1) is 12.0 Å². The lowest BCUT2D eigenvalue weighted by Crippen LogP contribution is -2.15. The summed E-state index contributed by atoms with van der Waals surface area (Å²) in [6.45, 7) is 2.20. The topological polar surface area (TPSA) is 75.0 Å². The van der Waals surface area contributed by atoms with Gasteiger partial charge >= 0.3 is 12.1 Å². The number of fused-ring (bicyclic) bond motifs is 2. The second kappa shape index (κ2) is 11.8. The molecule has 0 amide bonds. The van der Waals surface area contributed by atoms with Crippen molar-refractivity contribution in [2.45, 2.75) is 32.4 Å². The molecule has 1 heterocycles. The molecular weight excluding hydrogens is 537 g/mol. The van der Waals surface area contributed by atoms with E-state index in [1.165, 1.54) is 24.3 Å². The normalized spacial score (nSPS) is 11.5. The maximum absolute atomic E-state index is 13.9. The first-order valence-electron chi connectivity index (χ1n) is 13.0. The maximum atomic E-state index is 13.9. The molecule has 0 unspecified atom stereocenters. The predicted octanol–water partition coefficient (Wildman–Crippen LogP) is 8.08. The average Bonchev–Trinajstić information content (AvgIpc) is 2.96. The summed E-state index contributed by atoms with van der Waals surface area (Å²) >= 11 is 0. The quantitative estimate of drug-likeness (QED) is 0.103. The Morgan fingerprint density at radius 2 is 1.56 bits per heavy atom. The van der Waals surface area contributed by atoms with Gasteiger partial charge in [-0.05, 0) is 65.6 Å². The number of alkyl halides is 3. The lowest BCUT2D eigenvalue weighted by molar-refractivity contribution is -0.154. The smallest absolute Gasteiger partial charge is 0.453 e. The molecule has 5 rings (SSSR count). The van der Waals surface area contributed by atoms with Crippen LogP contribution in [0, 0.1) is 0 Å². The molecule has 0 fully saturated rings. The van der Waals surface area contributed by atoms with E-state index in [4.69, 9.17) is 18.6 Å². The van der Waals surface area contributed by atoms with E-state index in [1.54, 1.807) is 12.1 Å². The molecule has 6 nitrogen and oxygen atoms in total. The highest BCUT2D eigenvalue weighted by Crippen LogP contribution is 2.38. The van der Waals surface area contributed by atoms with E-state index >= 15 is 0 Å². The van der Waals surface area contributed by atoms with Crippen LogP contribution in [0.2, 0.25) is 0 Å². The molecule has 0 N–H and O–H groups in total. The van der Waals surface area contributed by atoms with Crippen molar-refractivity contribution in [3.8, 4) is 23.0 Å². The minimum atomic E-state index is -5.01. The zero-order valence-electron chi connectivity index (χ0n) is 22.0. The van der Waals surface area contributed by atoms with E-state index in [9.17, 15) is 22.8 Å². The number of benzene rings is 4. The van der Waals surface area contributed by atoms with Gasteiger partial charge in [0.25, 0.3) is 5.76 Å². The Morgan fingerprint density at radius 1 is 0.854 bits per heavy atom. The van der Waals surface area contributed by atoms with Gasteiger partial charge < -0.3 is 18.6 Å². The van der Waals surface area contributed by atoms with Crippen LogP contribution in [-0.4, -0.2) is 12.6 Å². The molecule has 0 radical (unpaired) electrons. The number of carbonyl (C=O) groups excluding carboxylic acids is 1. The molecule has 4 aromatic carbocycles. The molecule has 41 heavy (non-hydrogen) atoms. The standard InChI is InChI=1S/C32H25F3O6/c1-2-20-9-12-23(13-10-20)40-30-29(37)26-16-15-25(19-27(26)41-31(30)32(33,34)35)39-28(36)8-5-17-38-24-14-11-21-6-3-4-7-22(21)18-24/h3-4,6-7,9-16,18-19H,2,5,8,17H2,1H3. The highest BCUT2D eigenvalue weighted by Gasteiger charge is 2.40. The molecule has 0 aliphatic heterocycles. The highest BCUT2D eigenvalue weighted by atomic mass is 19.4. The molecule has 210 valence electrons. The van der Waals surface area contributed by atoms with E-state index in [2.05, 4.69) is 0 Å². The van der Waals surface area contributed by atoms with Crippen molar-refractivity contribution in [2.24, 2.45) is 0 Å². The van der Waals surface area contributed by atoms with Gasteiger partial charge in [-0.15, -0.1) is 0 Å². The fourth-order valence-electron chi connectivity index (χ4n) is 4.26. The fraction of sp³-hybridized carbons (Fsp3) is 0.188. The fourth-order valence-corrected chi connectivity index (χ4v) is 4.26. The van der Waals surface area contributed by atoms with Crippen molar-refractivity contribution in [1.29, 1.82) is 0 Å². The molecule has 0 aliphatic carbocycles. The minimum absolute atomic E-state index is 0.00691. The van der Waals surface area contributed by atoms with E-state index in [1.807, 2.05) is 49.4 Å². The van der Waals surface area contributed by atoms with Gasteiger partial charge in [-0.25, -0.2) is 0 Å². The second-order valence-corrected chi connectivity index (χ2v) is 9.28.